The SMILES string of the molecule is CC1(C)CC(=O)c2ccc(C#CC(=[NH2+])N=NN)nc2C1. The Morgan fingerprint density at radius 2 is 2.20 bits per heavy atom. The van der Waals surface area contributed by atoms with Gasteiger partial charge in [0.2, 0.25) is 0 Å². The molecule has 4 N–H and O–H groups in total. The van der Waals surface area contributed by atoms with Gasteiger partial charge in [-0.25, -0.2) is 4.98 Å². The van der Waals surface area contributed by atoms with Crippen LogP contribution in [-0.2, 0) is 6.42 Å². The van der Waals surface area contributed by atoms with Crippen molar-refractivity contribution in [3.05, 3.63) is 29.1 Å². The zero-order valence-electron chi connectivity index (χ0n) is 11.5. The van der Waals surface area contributed by atoms with Crippen LogP contribution in [0.25, 0.3) is 0 Å². The van der Waals surface area contributed by atoms with Crippen LogP contribution in [0.4, 0.5) is 0 Å². The molecule has 0 unspecified atom stereocenters. The number of hydrogen-bond acceptors (Lipinski definition) is 3. The van der Waals surface area contributed by atoms with E-state index in [4.69, 9.17) is 11.3 Å². The number of pyridine rings is 1. The number of nitrogens with two attached hydrogens (primary N) is 2. The third-order valence-corrected chi connectivity index (χ3v) is 3.04. The van der Waals surface area contributed by atoms with Crippen LogP contribution in [0, 0.1) is 17.3 Å². The van der Waals surface area contributed by atoms with E-state index in [1.165, 1.54) is 0 Å². The highest BCUT2D eigenvalue weighted by atomic mass is 16.1. The number of ketones is 1. The van der Waals surface area contributed by atoms with Crippen molar-refractivity contribution in [2.45, 2.75) is 26.7 Å². The van der Waals surface area contributed by atoms with Crippen LogP contribution in [-0.4, -0.2) is 16.6 Å². The van der Waals surface area contributed by atoms with E-state index in [1.54, 1.807) is 12.1 Å². The summed E-state index contributed by atoms with van der Waals surface area (Å²) in [5, 5.41) is 11.9. The number of Topliss-reactive ketones (excluding diaryl/α,β-unsaturated/α-hetero) is 1. The average Bonchev–Trinajstić information content (AvgIpc) is 2.34. The number of carbonyl (C=O) groups excluding carboxylic acids is 1. The van der Waals surface area contributed by atoms with Crippen LogP contribution >= 0.6 is 0 Å². The molecule has 0 saturated heterocycles. The van der Waals surface area contributed by atoms with Gasteiger partial charge >= 0.3 is 5.84 Å². The molecule has 1 heterocycles. The average molecular weight is 270 g/mol. The molecule has 0 bridgehead atoms. The first-order chi connectivity index (χ1) is 9.41. The first-order valence-corrected chi connectivity index (χ1v) is 6.20. The van der Waals surface area contributed by atoms with Gasteiger partial charge in [-0.15, -0.1) is 0 Å². The smallest absolute Gasteiger partial charge is 0.294 e. The minimum absolute atomic E-state index is 0.0171. The van der Waals surface area contributed by atoms with Crippen molar-refractivity contribution in [3.63, 3.8) is 0 Å². The zero-order chi connectivity index (χ0) is 14.8. The van der Waals surface area contributed by atoms with Crippen LogP contribution in [0.2, 0.25) is 0 Å². The molecule has 6 nitrogen and oxygen atoms in total. The number of carbonyl (C=O) groups is 1. The standard InChI is InChI=1S/C14H15N5O/c1-14(2)7-11-10(12(20)8-14)5-3-9(17-11)4-6-13(15)18-19-16/h3,5H,7-8H2,1-2H3,(H3,15,16,18)/p+1. The zero-order valence-corrected chi connectivity index (χ0v) is 11.5. The molecule has 0 aliphatic heterocycles. The molecule has 0 radical (unpaired) electrons. The summed E-state index contributed by atoms with van der Waals surface area (Å²) in [4.78, 5) is 16.4. The highest BCUT2D eigenvalue weighted by Gasteiger charge is 2.31. The summed E-state index contributed by atoms with van der Waals surface area (Å²) in [6.07, 6.45) is 1.30. The maximum absolute atomic E-state index is 12.0. The Kier molecular flexibility index (Phi) is 3.61. The molecule has 6 heteroatoms. The van der Waals surface area contributed by atoms with E-state index in [0.29, 0.717) is 17.7 Å². The van der Waals surface area contributed by atoms with E-state index < -0.39 is 0 Å². The Labute approximate surface area is 117 Å². The van der Waals surface area contributed by atoms with E-state index in [9.17, 15) is 4.79 Å². The van der Waals surface area contributed by atoms with Crippen molar-refractivity contribution >= 4 is 11.6 Å². The van der Waals surface area contributed by atoms with Crippen molar-refractivity contribution in [1.82, 2.24) is 4.98 Å². The summed E-state index contributed by atoms with van der Waals surface area (Å²) >= 11 is 0. The van der Waals surface area contributed by atoms with Crippen molar-refractivity contribution in [3.8, 4) is 11.8 Å². The maximum Gasteiger partial charge on any atom is 0.396 e. The lowest BCUT2D eigenvalue weighted by atomic mass is 9.75. The highest BCUT2D eigenvalue weighted by Crippen LogP contribution is 2.33. The molecule has 0 fully saturated rings. The van der Waals surface area contributed by atoms with E-state index in [0.717, 1.165) is 12.1 Å². The Morgan fingerprint density at radius 1 is 1.45 bits per heavy atom. The van der Waals surface area contributed by atoms with Crippen LogP contribution in [0.1, 0.15) is 42.0 Å². The number of fused-ring (bicyclic) bond motifs is 1. The molecule has 2 rings (SSSR count). The second-order valence-electron chi connectivity index (χ2n) is 5.48. The lowest BCUT2D eigenvalue weighted by Gasteiger charge is -2.29. The number of rotatable bonds is 0. The first-order valence-electron chi connectivity index (χ1n) is 6.20. The lowest BCUT2D eigenvalue weighted by molar-refractivity contribution is -0.113. The molecule has 1 aromatic rings. The predicted octanol–water partition coefficient (Wildman–Crippen LogP) is 0.0717. The molecule has 0 saturated carbocycles. The first kappa shape index (κ1) is 13.9. The Morgan fingerprint density at radius 3 is 2.90 bits per heavy atom. The molecule has 0 spiro atoms. The van der Waals surface area contributed by atoms with Gasteiger partial charge in [0.1, 0.15) is 10.8 Å². The molecule has 102 valence electrons. The van der Waals surface area contributed by atoms with Crippen LogP contribution in [0.3, 0.4) is 0 Å². The Bertz CT molecular complexity index is 664. The van der Waals surface area contributed by atoms with Crippen LogP contribution < -0.4 is 11.3 Å². The molecule has 1 aromatic heterocycles. The third kappa shape index (κ3) is 3.06. The molecular weight excluding hydrogens is 254 g/mol. The maximum atomic E-state index is 12.0. The quantitative estimate of drug-likeness (QED) is 0.174. The molecule has 0 aromatic carbocycles. The van der Waals surface area contributed by atoms with Crippen LogP contribution in [0.15, 0.2) is 22.5 Å². The number of hydrogen-bond donors (Lipinski definition) is 2. The van der Waals surface area contributed by atoms with Gasteiger partial charge in [-0.3, -0.25) is 16.0 Å². The molecule has 1 aliphatic rings. The van der Waals surface area contributed by atoms with Crippen LogP contribution in [0.5, 0.6) is 0 Å². The summed E-state index contributed by atoms with van der Waals surface area (Å²) in [5.74, 6) is 10.4. The minimum Gasteiger partial charge on any atom is -0.294 e. The molecule has 0 atom stereocenters. The van der Waals surface area contributed by atoms with Gasteiger partial charge < -0.3 is 0 Å². The highest BCUT2D eigenvalue weighted by molar-refractivity contribution is 5.98. The van der Waals surface area contributed by atoms with E-state index in [-0.39, 0.29) is 17.0 Å². The van der Waals surface area contributed by atoms with Gasteiger partial charge in [0.05, 0.1) is 5.69 Å². The fourth-order valence-electron chi connectivity index (χ4n) is 2.22. The van der Waals surface area contributed by atoms with Gasteiger partial charge in [0.25, 0.3) is 0 Å². The van der Waals surface area contributed by atoms with E-state index in [1.807, 2.05) is 0 Å². The fraction of sp³-hybridized carbons (Fsp3) is 0.357. The summed E-state index contributed by atoms with van der Waals surface area (Å²) < 4.78 is 0. The molecule has 20 heavy (non-hydrogen) atoms. The molecule has 0 amide bonds. The second-order valence-corrected chi connectivity index (χ2v) is 5.48. The summed E-state index contributed by atoms with van der Waals surface area (Å²) in [5.41, 5.74) is 1.96. The normalized spacial score (nSPS) is 16.4. The van der Waals surface area contributed by atoms with Gasteiger partial charge in [-0.1, -0.05) is 13.8 Å². The number of nitrogens with zero attached hydrogens (tertiary/aromatic N) is 3. The number of amidine groups is 1. The van der Waals surface area contributed by atoms with Crippen molar-refractivity contribution < 1.29 is 10.2 Å². The second kappa shape index (κ2) is 5.21. The van der Waals surface area contributed by atoms with E-state index >= 15 is 0 Å². The molecule has 1 aliphatic carbocycles. The fourth-order valence-corrected chi connectivity index (χ4v) is 2.22. The van der Waals surface area contributed by atoms with Gasteiger partial charge in [-0.2, -0.15) is 0 Å². The number of aromatic nitrogens is 1. The largest absolute Gasteiger partial charge is 0.396 e. The van der Waals surface area contributed by atoms with E-state index in [2.05, 4.69) is 41.0 Å². The van der Waals surface area contributed by atoms with Gasteiger partial charge in [0, 0.05) is 23.1 Å². The molecular formula is C14H16N5O+. The van der Waals surface area contributed by atoms with Crippen molar-refractivity contribution in [2.24, 2.45) is 21.6 Å². The Hall–Kier alpha value is -2.55. The van der Waals surface area contributed by atoms with Gasteiger partial charge in [0.15, 0.2) is 5.78 Å². The van der Waals surface area contributed by atoms with Gasteiger partial charge in [-0.05, 0) is 29.9 Å². The topological polar surface area (TPSA) is 106 Å². The van der Waals surface area contributed by atoms with Crippen molar-refractivity contribution in [1.29, 1.82) is 0 Å². The monoisotopic (exact) mass is 270 g/mol. The lowest BCUT2D eigenvalue weighted by Crippen LogP contribution is -2.37. The summed E-state index contributed by atoms with van der Waals surface area (Å²) in [6, 6.07) is 3.47. The third-order valence-electron chi connectivity index (χ3n) is 3.04. The summed E-state index contributed by atoms with van der Waals surface area (Å²) in [7, 11) is 0. The van der Waals surface area contributed by atoms with Crippen molar-refractivity contribution in [2.75, 3.05) is 0 Å². The Balaban J connectivity index is 2.33. The summed E-state index contributed by atoms with van der Waals surface area (Å²) in [6.45, 7) is 4.11. The predicted molar refractivity (Wildman–Crippen MR) is 73.5 cm³/mol. The minimum atomic E-state index is -0.0674.